The third-order valence-electron chi connectivity index (χ3n) is 3.56. The zero-order valence-corrected chi connectivity index (χ0v) is 15.1. The van der Waals surface area contributed by atoms with Crippen molar-refractivity contribution in [3.8, 4) is 0 Å². The van der Waals surface area contributed by atoms with Gasteiger partial charge < -0.3 is 20.4 Å². The quantitative estimate of drug-likeness (QED) is 0.664. The van der Waals surface area contributed by atoms with Crippen molar-refractivity contribution in [2.75, 3.05) is 0 Å². The Bertz CT molecular complexity index is 580. The summed E-state index contributed by atoms with van der Waals surface area (Å²) in [4.78, 5) is 20.4. The van der Waals surface area contributed by atoms with Crippen LogP contribution in [0.4, 0.5) is 0 Å². The predicted molar refractivity (Wildman–Crippen MR) is 99.3 cm³/mol. The molecule has 0 spiro atoms. The molecule has 0 aromatic heterocycles. The number of aliphatic hydroxyl groups excluding tert-OH is 2. The Hall–Kier alpha value is -2.70. The van der Waals surface area contributed by atoms with Crippen molar-refractivity contribution < 1.29 is 30.0 Å². The molecular formula is C20H26O6. The first-order valence-electron chi connectivity index (χ1n) is 8.09. The molecule has 6 nitrogen and oxygen atoms in total. The zero-order valence-electron chi connectivity index (χ0n) is 15.1. The highest BCUT2D eigenvalue weighted by Gasteiger charge is 2.13. The van der Waals surface area contributed by atoms with Crippen LogP contribution in [-0.2, 0) is 0 Å². The predicted octanol–water partition coefficient (Wildman–Crippen LogP) is 3.15. The molecule has 0 fully saturated rings. The van der Waals surface area contributed by atoms with E-state index in [1.54, 1.807) is 74.5 Å². The minimum absolute atomic E-state index is 0.0185. The van der Waals surface area contributed by atoms with Gasteiger partial charge in [-0.15, -0.1) is 0 Å². The summed E-state index contributed by atoms with van der Waals surface area (Å²) in [5, 5.41) is 34.4. The van der Waals surface area contributed by atoms with Gasteiger partial charge >= 0.3 is 11.9 Å². The zero-order chi connectivity index (χ0) is 20.1. The van der Waals surface area contributed by atoms with E-state index in [9.17, 15) is 9.59 Å². The van der Waals surface area contributed by atoms with E-state index in [0.717, 1.165) is 0 Å². The lowest BCUT2D eigenvalue weighted by Gasteiger charge is -2.16. The van der Waals surface area contributed by atoms with Crippen LogP contribution >= 0.6 is 0 Å². The molecule has 0 saturated heterocycles. The van der Waals surface area contributed by atoms with Crippen molar-refractivity contribution in [3.63, 3.8) is 0 Å². The topological polar surface area (TPSA) is 115 Å². The monoisotopic (exact) mass is 362 g/mol. The fourth-order valence-corrected chi connectivity index (χ4v) is 1.56. The summed E-state index contributed by atoms with van der Waals surface area (Å²) < 4.78 is 0. The fraction of sp³-hybridized carbons (Fsp3) is 0.300. The molecule has 0 aliphatic heterocycles. The Morgan fingerprint density at radius 1 is 0.654 bits per heavy atom. The van der Waals surface area contributed by atoms with Crippen LogP contribution in [0.2, 0.25) is 0 Å². The molecule has 0 heterocycles. The molecule has 0 radical (unpaired) electrons. The van der Waals surface area contributed by atoms with Gasteiger partial charge in [-0.2, -0.15) is 0 Å². The van der Waals surface area contributed by atoms with Crippen LogP contribution in [0.1, 0.15) is 41.5 Å². The Balaban J connectivity index is 0.000000362. The minimum atomic E-state index is -0.879. The maximum absolute atomic E-state index is 10.2. The molecule has 0 saturated carbocycles. The number of carbonyl (C=O) groups is 2. The summed E-state index contributed by atoms with van der Waals surface area (Å²) in [6, 6.07) is 16.6. The van der Waals surface area contributed by atoms with Gasteiger partial charge in [0.25, 0.3) is 0 Å². The average Bonchev–Trinajstić information content (AvgIpc) is 2.63. The van der Waals surface area contributed by atoms with Gasteiger partial charge in [0, 0.05) is 5.92 Å². The number of carboxylic acid groups (broad SMARTS) is 2. The fourth-order valence-electron chi connectivity index (χ4n) is 1.56. The van der Waals surface area contributed by atoms with Gasteiger partial charge in [0.15, 0.2) is 0 Å². The third kappa shape index (κ3) is 10.2. The normalized spacial score (nSPS) is 13.0. The number of hydrogen-bond donors (Lipinski definition) is 4. The smallest absolute Gasteiger partial charge is 0.335 e. The lowest BCUT2D eigenvalue weighted by molar-refractivity contribution is 0.0420. The molecule has 2 unspecified atom stereocenters. The van der Waals surface area contributed by atoms with Crippen molar-refractivity contribution in [1.29, 1.82) is 0 Å². The molecule has 2 atom stereocenters. The molecule has 0 aliphatic rings. The number of aliphatic hydroxyl groups is 2. The molecule has 2 aromatic rings. The highest BCUT2D eigenvalue weighted by atomic mass is 16.4. The lowest BCUT2D eigenvalue weighted by Crippen LogP contribution is -2.24. The summed E-state index contributed by atoms with van der Waals surface area (Å²) in [7, 11) is 0. The van der Waals surface area contributed by atoms with Crippen LogP contribution in [0.15, 0.2) is 60.7 Å². The lowest BCUT2D eigenvalue weighted by atomic mass is 10.0. The highest BCUT2D eigenvalue weighted by Crippen LogP contribution is 2.06. The van der Waals surface area contributed by atoms with E-state index in [-0.39, 0.29) is 5.92 Å². The van der Waals surface area contributed by atoms with Crippen LogP contribution in [0, 0.1) is 5.92 Å². The molecule has 6 heteroatoms. The first-order valence-corrected chi connectivity index (χ1v) is 8.09. The Morgan fingerprint density at radius 2 is 0.923 bits per heavy atom. The Labute approximate surface area is 153 Å². The molecule has 0 amide bonds. The van der Waals surface area contributed by atoms with Gasteiger partial charge in [-0.25, -0.2) is 9.59 Å². The molecule has 2 rings (SSSR count). The van der Waals surface area contributed by atoms with Gasteiger partial charge in [-0.3, -0.25) is 0 Å². The third-order valence-corrected chi connectivity index (χ3v) is 3.56. The molecule has 142 valence electrons. The SMILES string of the molecule is CC(O)C(C)C(C)O.O=C(O)c1ccccc1.O=C(O)c1ccccc1. The summed E-state index contributed by atoms with van der Waals surface area (Å²) in [6.45, 7) is 5.17. The van der Waals surface area contributed by atoms with Crippen LogP contribution in [0.25, 0.3) is 0 Å². The summed E-state index contributed by atoms with van der Waals surface area (Å²) >= 11 is 0. The Kier molecular flexibility index (Phi) is 11.3. The van der Waals surface area contributed by atoms with Crippen molar-refractivity contribution in [2.24, 2.45) is 5.92 Å². The first-order chi connectivity index (χ1) is 12.2. The Morgan fingerprint density at radius 3 is 1.04 bits per heavy atom. The number of hydrogen-bond acceptors (Lipinski definition) is 4. The summed E-state index contributed by atoms with van der Waals surface area (Å²) in [5.74, 6) is -1.78. The maximum Gasteiger partial charge on any atom is 0.335 e. The van der Waals surface area contributed by atoms with Gasteiger partial charge in [0.1, 0.15) is 0 Å². The van der Waals surface area contributed by atoms with Gasteiger partial charge in [0.2, 0.25) is 0 Å². The molecule has 0 aliphatic carbocycles. The van der Waals surface area contributed by atoms with Crippen molar-refractivity contribution in [2.45, 2.75) is 33.0 Å². The first kappa shape index (κ1) is 23.3. The van der Waals surface area contributed by atoms with Gasteiger partial charge in [-0.05, 0) is 38.1 Å². The van der Waals surface area contributed by atoms with Gasteiger partial charge in [0.05, 0.1) is 23.3 Å². The highest BCUT2D eigenvalue weighted by molar-refractivity contribution is 5.87. The van der Waals surface area contributed by atoms with E-state index in [0.29, 0.717) is 11.1 Å². The second-order valence-electron chi connectivity index (χ2n) is 5.68. The van der Waals surface area contributed by atoms with Crippen molar-refractivity contribution in [1.82, 2.24) is 0 Å². The standard InChI is InChI=1S/2C7H6O2.C6H14O2/c2*8-7(9)6-4-2-1-3-5-6;1-4(5(2)7)6(3)8/h2*1-5H,(H,8,9);4-8H,1-3H3. The van der Waals surface area contributed by atoms with Crippen LogP contribution in [-0.4, -0.2) is 44.6 Å². The second kappa shape index (κ2) is 12.6. The van der Waals surface area contributed by atoms with Gasteiger partial charge in [-0.1, -0.05) is 43.3 Å². The molecule has 0 bridgehead atoms. The van der Waals surface area contributed by atoms with E-state index in [1.165, 1.54) is 0 Å². The number of aromatic carboxylic acids is 2. The maximum atomic E-state index is 10.2. The molecule has 4 N–H and O–H groups in total. The number of benzene rings is 2. The summed E-state index contributed by atoms with van der Waals surface area (Å²) in [6.07, 6.45) is -0.815. The molecular weight excluding hydrogens is 336 g/mol. The largest absolute Gasteiger partial charge is 0.478 e. The van der Waals surface area contributed by atoms with E-state index in [4.69, 9.17) is 20.4 Å². The van der Waals surface area contributed by atoms with E-state index >= 15 is 0 Å². The number of carboxylic acids is 2. The van der Waals surface area contributed by atoms with Crippen LogP contribution in [0.5, 0.6) is 0 Å². The van der Waals surface area contributed by atoms with E-state index < -0.39 is 24.1 Å². The van der Waals surface area contributed by atoms with Crippen molar-refractivity contribution >= 4 is 11.9 Å². The molecule has 2 aromatic carbocycles. The van der Waals surface area contributed by atoms with E-state index in [2.05, 4.69) is 0 Å². The molecule has 26 heavy (non-hydrogen) atoms. The average molecular weight is 362 g/mol. The minimum Gasteiger partial charge on any atom is -0.478 e. The number of rotatable bonds is 4. The summed E-state index contributed by atoms with van der Waals surface area (Å²) in [5.41, 5.74) is 0.662. The van der Waals surface area contributed by atoms with Crippen LogP contribution in [0.3, 0.4) is 0 Å². The second-order valence-corrected chi connectivity index (χ2v) is 5.68. The van der Waals surface area contributed by atoms with Crippen molar-refractivity contribution in [3.05, 3.63) is 71.8 Å². The van der Waals surface area contributed by atoms with E-state index in [1.807, 2.05) is 6.92 Å². The van der Waals surface area contributed by atoms with Crippen LogP contribution < -0.4 is 0 Å².